The Hall–Kier alpha value is -3.08. The third-order valence-electron chi connectivity index (χ3n) is 4.94. The lowest BCUT2D eigenvalue weighted by Crippen LogP contribution is -2.44. The number of hydrogen-bond acceptors (Lipinski definition) is 6. The van der Waals surface area contributed by atoms with Crippen molar-refractivity contribution >= 4 is 40.8 Å². The van der Waals surface area contributed by atoms with E-state index in [1.54, 1.807) is 7.05 Å². The lowest BCUT2D eigenvalue weighted by atomic mass is 10.0. The highest BCUT2D eigenvalue weighted by Gasteiger charge is 2.28. The van der Waals surface area contributed by atoms with E-state index in [1.807, 2.05) is 0 Å². The molecule has 0 aliphatic carbocycles. The number of hydrogen-bond donors (Lipinski definition) is 3. The number of carbonyl (C=O) groups is 1. The van der Waals surface area contributed by atoms with Crippen LogP contribution in [0.1, 0.15) is 42.4 Å². The van der Waals surface area contributed by atoms with Crippen LogP contribution in [0, 0.1) is 11.2 Å². The highest BCUT2D eigenvalue weighted by molar-refractivity contribution is 7.92. The molecule has 0 aliphatic rings. The van der Waals surface area contributed by atoms with Crippen LogP contribution in [0.2, 0.25) is 0 Å². The number of nitrogens with one attached hydrogen (secondary N) is 3. The van der Waals surface area contributed by atoms with Gasteiger partial charge in [0, 0.05) is 24.5 Å². The fourth-order valence-electron chi connectivity index (χ4n) is 2.83. The number of anilines is 1. The zero-order valence-electron chi connectivity index (χ0n) is 17.3. The number of aromatic nitrogens is 3. The number of amides is 1. The fraction of sp³-hybridized carbons (Fsp3) is 0.300. The average Bonchev–Trinajstić information content (AvgIpc) is 3.10. The van der Waals surface area contributed by atoms with E-state index in [-0.39, 0.29) is 40.5 Å². The largest absolute Gasteiger partial charge is 0.387 e. The van der Waals surface area contributed by atoms with Gasteiger partial charge in [0.05, 0.1) is 23.5 Å². The number of halogens is 3. The van der Waals surface area contributed by atoms with E-state index in [0.717, 1.165) is 3.97 Å². The van der Waals surface area contributed by atoms with Gasteiger partial charge in [0.25, 0.3) is 5.91 Å². The van der Waals surface area contributed by atoms with Gasteiger partial charge in [0.1, 0.15) is 22.7 Å². The van der Waals surface area contributed by atoms with Gasteiger partial charge in [0.15, 0.2) is 18.0 Å². The number of nitrogens with zero attached hydrogens (tertiary/aromatic N) is 3. The first kappa shape index (κ1) is 22.6. The van der Waals surface area contributed by atoms with Crippen molar-refractivity contribution in [3.05, 3.63) is 53.2 Å². The first-order chi connectivity index (χ1) is 14.6. The molecule has 3 aromatic rings. The predicted octanol–water partition coefficient (Wildman–Crippen LogP) is 4.28. The molecule has 3 rings (SSSR count). The van der Waals surface area contributed by atoms with E-state index < -0.39 is 23.4 Å². The standard InChI is InChI=1S/C20H21F3N6OS/c1-10(20(2,3)22)27-19(30)13-9-29(31-23)18-17(13)28-15(8-26-18)16(24)12-6-5-11(21)7-14(12)25-4/h5-10,24-25H,1-4H3,(H,27,30)/t10-/m1/s1. The highest BCUT2D eigenvalue weighted by atomic mass is 32.2. The van der Waals surface area contributed by atoms with Crippen LogP contribution in [-0.2, 0) is 0 Å². The maximum Gasteiger partial charge on any atom is 0.255 e. The molecular weight excluding hydrogens is 429 g/mol. The van der Waals surface area contributed by atoms with Crippen LogP contribution in [0.5, 0.6) is 0 Å². The summed E-state index contributed by atoms with van der Waals surface area (Å²) in [5.41, 5.74) is -0.762. The first-order valence-corrected chi connectivity index (χ1v) is 9.97. The molecule has 0 fully saturated rings. The third kappa shape index (κ3) is 4.50. The summed E-state index contributed by atoms with van der Waals surface area (Å²) in [6.07, 6.45) is 2.49. The second-order valence-corrected chi connectivity index (χ2v) is 7.97. The predicted molar refractivity (Wildman–Crippen MR) is 116 cm³/mol. The molecule has 0 spiro atoms. The molecule has 0 radical (unpaired) electrons. The monoisotopic (exact) mass is 450 g/mol. The van der Waals surface area contributed by atoms with Crippen molar-refractivity contribution in [2.24, 2.45) is 0 Å². The van der Waals surface area contributed by atoms with Crippen LogP contribution in [0.15, 0.2) is 30.6 Å². The van der Waals surface area contributed by atoms with Gasteiger partial charge in [-0.2, -0.15) is 0 Å². The van der Waals surface area contributed by atoms with Crippen LogP contribution in [-0.4, -0.2) is 44.3 Å². The molecular formula is C20H21F3N6OS. The summed E-state index contributed by atoms with van der Waals surface area (Å²) in [6.45, 7) is 4.18. The molecule has 164 valence electrons. The summed E-state index contributed by atoms with van der Waals surface area (Å²) in [6, 6.07) is 3.07. The Morgan fingerprint density at radius 2 is 2.03 bits per heavy atom. The van der Waals surface area contributed by atoms with E-state index in [4.69, 9.17) is 5.41 Å². The van der Waals surface area contributed by atoms with Crippen LogP contribution in [0.3, 0.4) is 0 Å². The molecule has 7 nitrogen and oxygen atoms in total. The van der Waals surface area contributed by atoms with E-state index >= 15 is 0 Å². The maximum atomic E-state index is 14.1. The number of rotatable bonds is 7. The minimum atomic E-state index is -1.67. The second-order valence-electron chi connectivity index (χ2n) is 7.44. The van der Waals surface area contributed by atoms with Crippen LogP contribution in [0.25, 0.3) is 11.2 Å². The molecule has 0 bridgehead atoms. The first-order valence-electron chi connectivity index (χ1n) is 9.30. The second kappa shape index (κ2) is 8.58. The van der Waals surface area contributed by atoms with Crippen LogP contribution < -0.4 is 10.6 Å². The quantitative estimate of drug-likeness (QED) is 0.467. The van der Waals surface area contributed by atoms with Gasteiger partial charge in [-0.05, 0) is 39.0 Å². The van der Waals surface area contributed by atoms with Gasteiger partial charge in [0.2, 0.25) is 0 Å². The van der Waals surface area contributed by atoms with Crippen molar-refractivity contribution in [2.45, 2.75) is 32.5 Å². The Bertz CT molecular complexity index is 1160. The lowest BCUT2D eigenvalue weighted by Gasteiger charge is -2.23. The summed E-state index contributed by atoms with van der Waals surface area (Å²) >= 11 is -0.166. The van der Waals surface area contributed by atoms with Gasteiger partial charge in [-0.1, -0.05) is 0 Å². The van der Waals surface area contributed by atoms with Gasteiger partial charge in [-0.3, -0.25) is 10.2 Å². The highest BCUT2D eigenvalue weighted by Crippen LogP contribution is 2.26. The normalized spacial score (nSPS) is 12.6. The Morgan fingerprint density at radius 1 is 1.32 bits per heavy atom. The molecule has 31 heavy (non-hydrogen) atoms. The summed E-state index contributed by atoms with van der Waals surface area (Å²) in [5.74, 6) is -1.12. The van der Waals surface area contributed by atoms with Gasteiger partial charge < -0.3 is 10.6 Å². The lowest BCUT2D eigenvalue weighted by molar-refractivity contribution is 0.0865. The van der Waals surface area contributed by atoms with Gasteiger partial charge in [-0.15, -0.1) is 3.89 Å². The van der Waals surface area contributed by atoms with Gasteiger partial charge >= 0.3 is 0 Å². The molecule has 0 unspecified atom stereocenters. The van der Waals surface area contributed by atoms with Crippen molar-refractivity contribution in [3.63, 3.8) is 0 Å². The van der Waals surface area contributed by atoms with Crippen molar-refractivity contribution < 1.29 is 17.5 Å². The number of fused-ring (bicyclic) bond motifs is 1. The van der Waals surface area contributed by atoms with Crippen molar-refractivity contribution in [2.75, 3.05) is 12.4 Å². The van der Waals surface area contributed by atoms with Crippen LogP contribution in [0.4, 0.5) is 18.4 Å². The Kier molecular flexibility index (Phi) is 6.25. The molecule has 3 N–H and O–H groups in total. The minimum Gasteiger partial charge on any atom is -0.387 e. The van der Waals surface area contributed by atoms with Crippen LogP contribution >= 0.6 is 12.3 Å². The Morgan fingerprint density at radius 3 is 2.65 bits per heavy atom. The van der Waals surface area contributed by atoms with Gasteiger partial charge in [-0.25, -0.2) is 22.7 Å². The molecule has 0 saturated carbocycles. The molecule has 0 saturated heterocycles. The zero-order chi connectivity index (χ0) is 22.9. The number of alkyl halides is 1. The third-order valence-corrected chi connectivity index (χ3v) is 5.36. The molecule has 0 aliphatic heterocycles. The fourth-order valence-corrected chi connectivity index (χ4v) is 3.17. The SMILES string of the molecule is CNc1cc(F)ccc1C(=N)c1cnc2c(n1)c(C(=O)N[C@H](C)C(C)(C)F)cn2SF. The van der Waals surface area contributed by atoms with Crippen molar-refractivity contribution in [1.29, 1.82) is 5.41 Å². The van der Waals surface area contributed by atoms with E-state index in [9.17, 15) is 17.5 Å². The van der Waals surface area contributed by atoms with Crippen molar-refractivity contribution in [3.8, 4) is 0 Å². The molecule has 2 heterocycles. The molecule has 11 heteroatoms. The maximum absolute atomic E-state index is 14.1. The minimum absolute atomic E-state index is 0.00801. The molecule has 1 amide bonds. The van der Waals surface area contributed by atoms with E-state index in [0.29, 0.717) is 11.3 Å². The molecule has 1 aromatic carbocycles. The summed E-state index contributed by atoms with van der Waals surface area (Å²) in [5, 5.41) is 13.8. The molecule has 2 aromatic heterocycles. The van der Waals surface area contributed by atoms with E-state index in [2.05, 4.69) is 20.6 Å². The Labute approximate surface area is 181 Å². The number of carbonyl (C=O) groups excluding carboxylic acids is 1. The summed E-state index contributed by atoms with van der Waals surface area (Å²) < 4.78 is 42.1. The number of benzene rings is 1. The summed E-state index contributed by atoms with van der Waals surface area (Å²) in [4.78, 5) is 21.2. The summed E-state index contributed by atoms with van der Waals surface area (Å²) in [7, 11) is 1.59. The smallest absolute Gasteiger partial charge is 0.255 e. The average molecular weight is 450 g/mol. The Balaban J connectivity index is 2.06. The van der Waals surface area contributed by atoms with Crippen molar-refractivity contribution in [1.82, 2.24) is 19.3 Å². The zero-order valence-corrected chi connectivity index (χ0v) is 18.1. The van der Waals surface area contributed by atoms with E-state index in [1.165, 1.54) is 51.4 Å². The topological polar surface area (TPSA) is 95.7 Å². The molecule has 1 atom stereocenters.